The van der Waals surface area contributed by atoms with Gasteiger partial charge >= 0.3 is 0 Å². The van der Waals surface area contributed by atoms with Gasteiger partial charge in [-0.3, -0.25) is 19.4 Å². The van der Waals surface area contributed by atoms with E-state index in [2.05, 4.69) is 46.3 Å². The predicted molar refractivity (Wildman–Crippen MR) is 135 cm³/mol. The van der Waals surface area contributed by atoms with E-state index < -0.39 is 5.41 Å². The number of fused-ring (bicyclic) bond motifs is 1. The van der Waals surface area contributed by atoms with Crippen molar-refractivity contribution in [3.05, 3.63) is 59.4 Å². The molecule has 0 saturated carbocycles. The van der Waals surface area contributed by atoms with Crippen LogP contribution in [0.5, 0.6) is 0 Å². The molecule has 2 aliphatic heterocycles. The zero-order valence-electron chi connectivity index (χ0n) is 21.5. The van der Waals surface area contributed by atoms with Crippen LogP contribution in [0.3, 0.4) is 0 Å². The van der Waals surface area contributed by atoms with Gasteiger partial charge in [-0.05, 0) is 55.1 Å². The minimum atomic E-state index is -0.654. The molecular weight excluding hydrogens is 471 g/mol. The number of benzene rings is 1. The van der Waals surface area contributed by atoms with Crippen LogP contribution in [0.4, 0.5) is 4.39 Å². The van der Waals surface area contributed by atoms with Crippen molar-refractivity contribution < 1.29 is 14.0 Å². The third-order valence-corrected chi connectivity index (χ3v) is 7.40. The molecule has 4 heterocycles. The number of imide groups is 1. The molecule has 37 heavy (non-hydrogen) atoms. The van der Waals surface area contributed by atoms with E-state index in [0.29, 0.717) is 32.5 Å². The number of hydrogen-bond donors (Lipinski definition) is 0. The van der Waals surface area contributed by atoms with Crippen LogP contribution in [-0.2, 0) is 29.2 Å². The normalized spacial score (nSPS) is 18.2. The first-order chi connectivity index (χ1) is 17.6. The summed E-state index contributed by atoms with van der Waals surface area (Å²) in [5, 5.41) is 10.2. The maximum absolute atomic E-state index is 13.4. The summed E-state index contributed by atoms with van der Waals surface area (Å²) >= 11 is 0. The molecule has 1 aromatic carbocycles. The number of piperidine rings is 1. The third kappa shape index (κ3) is 4.98. The molecule has 2 aromatic heterocycles. The Morgan fingerprint density at radius 3 is 2.46 bits per heavy atom. The standard InChI is InChI=1S/C28H31FN6O2/c1-27(2,3)18-35-22(12-20-15-31-23(14-30)32-25(20)35)17-33-10-8-28(9-11-33)13-24(36)34(26(28)37)16-19-4-6-21(29)7-5-19/h4-7,12,15H,8-11,13,16-18H2,1-3H3. The fourth-order valence-electron chi connectivity index (χ4n) is 5.48. The zero-order valence-corrected chi connectivity index (χ0v) is 21.5. The highest BCUT2D eigenvalue weighted by Crippen LogP contribution is 2.43. The van der Waals surface area contributed by atoms with Gasteiger partial charge in [-0.1, -0.05) is 32.9 Å². The average Bonchev–Trinajstić information content (AvgIpc) is 3.29. The highest BCUT2D eigenvalue weighted by molar-refractivity contribution is 6.05. The second kappa shape index (κ2) is 9.34. The van der Waals surface area contributed by atoms with Crippen molar-refractivity contribution in [3.8, 4) is 6.07 Å². The molecule has 0 unspecified atom stereocenters. The summed E-state index contributed by atoms with van der Waals surface area (Å²) in [6.45, 7) is 9.52. The molecule has 192 valence electrons. The van der Waals surface area contributed by atoms with Crippen LogP contribution in [0.25, 0.3) is 11.0 Å². The second-order valence-electron chi connectivity index (χ2n) is 11.5. The molecule has 2 amide bonds. The van der Waals surface area contributed by atoms with Crippen LogP contribution in [0.2, 0.25) is 0 Å². The lowest BCUT2D eigenvalue weighted by molar-refractivity contribution is -0.143. The highest BCUT2D eigenvalue weighted by atomic mass is 19.1. The van der Waals surface area contributed by atoms with Crippen LogP contribution < -0.4 is 0 Å². The Morgan fingerprint density at radius 2 is 1.81 bits per heavy atom. The molecule has 5 rings (SSSR count). The van der Waals surface area contributed by atoms with Gasteiger partial charge in [-0.15, -0.1) is 0 Å². The summed E-state index contributed by atoms with van der Waals surface area (Å²) in [4.78, 5) is 38.5. The topological polar surface area (TPSA) is 95.1 Å². The monoisotopic (exact) mass is 502 g/mol. The molecule has 0 aliphatic carbocycles. The van der Waals surface area contributed by atoms with Gasteiger partial charge in [0.15, 0.2) is 0 Å². The molecular formula is C28H31FN6O2. The van der Waals surface area contributed by atoms with Gasteiger partial charge in [0.1, 0.15) is 17.5 Å². The Morgan fingerprint density at radius 1 is 1.11 bits per heavy atom. The van der Waals surface area contributed by atoms with Gasteiger partial charge in [0.25, 0.3) is 0 Å². The minimum absolute atomic E-state index is 0.00895. The van der Waals surface area contributed by atoms with E-state index in [1.807, 2.05) is 6.07 Å². The van der Waals surface area contributed by atoms with Gasteiger partial charge in [-0.2, -0.15) is 5.26 Å². The molecule has 2 saturated heterocycles. The summed E-state index contributed by atoms with van der Waals surface area (Å²) in [6.07, 6.45) is 3.18. The van der Waals surface area contributed by atoms with Gasteiger partial charge in [-0.25, -0.2) is 14.4 Å². The number of nitriles is 1. The first-order valence-electron chi connectivity index (χ1n) is 12.6. The molecule has 9 heteroatoms. The van der Waals surface area contributed by atoms with Crippen LogP contribution in [0, 0.1) is 28.0 Å². The van der Waals surface area contributed by atoms with E-state index in [1.165, 1.54) is 17.0 Å². The Hall–Kier alpha value is -3.64. The number of rotatable bonds is 5. The summed E-state index contributed by atoms with van der Waals surface area (Å²) < 4.78 is 15.4. The molecule has 8 nitrogen and oxygen atoms in total. The third-order valence-electron chi connectivity index (χ3n) is 7.40. The molecule has 2 fully saturated rings. The summed E-state index contributed by atoms with van der Waals surface area (Å²) in [5.74, 6) is -0.449. The van der Waals surface area contributed by atoms with Gasteiger partial charge < -0.3 is 4.57 Å². The van der Waals surface area contributed by atoms with Gasteiger partial charge in [0.2, 0.25) is 17.6 Å². The van der Waals surface area contributed by atoms with E-state index in [-0.39, 0.29) is 41.8 Å². The van der Waals surface area contributed by atoms with E-state index in [4.69, 9.17) is 0 Å². The number of amides is 2. The summed E-state index contributed by atoms with van der Waals surface area (Å²) in [7, 11) is 0. The maximum Gasteiger partial charge on any atom is 0.236 e. The van der Waals surface area contributed by atoms with Crippen LogP contribution in [0.15, 0.2) is 36.5 Å². The molecule has 1 spiro atoms. The Balaban J connectivity index is 1.31. The molecule has 3 aromatic rings. The average molecular weight is 503 g/mol. The molecule has 0 bridgehead atoms. The van der Waals surface area contributed by atoms with E-state index in [1.54, 1.807) is 18.3 Å². The second-order valence-corrected chi connectivity index (χ2v) is 11.5. The number of hydrogen-bond acceptors (Lipinski definition) is 6. The van der Waals surface area contributed by atoms with Crippen molar-refractivity contribution in [3.63, 3.8) is 0 Å². The van der Waals surface area contributed by atoms with Crippen LogP contribution >= 0.6 is 0 Å². The molecule has 2 aliphatic rings. The molecule has 0 radical (unpaired) electrons. The summed E-state index contributed by atoms with van der Waals surface area (Å²) in [6, 6.07) is 10.0. The number of halogens is 1. The Bertz CT molecular complexity index is 1390. The quantitative estimate of drug-likeness (QED) is 0.489. The van der Waals surface area contributed by atoms with E-state index in [9.17, 15) is 19.2 Å². The fourth-order valence-corrected chi connectivity index (χ4v) is 5.48. The van der Waals surface area contributed by atoms with Crippen molar-refractivity contribution in [1.29, 1.82) is 5.26 Å². The smallest absolute Gasteiger partial charge is 0.236 e. The van der Waals surface area contributed by atoms with Crippen molar-refractivity contribution in [1.82, 2.24) is 24.3 Å². The largest absolute Gasteiger partial charge is 0.328 e. The number of carbonyl (C=O) groups is 2. The number of nitrogens with zero attached hydrogens (tertiary/aromatic N) is 6. The Kier molecular flexibility index (Phi) is 6.32. The van der Waals surface area contributed by atoms with Crippen molar-refractivity contribution in [2.75, 3.05) is 13.1 Å². The van der Waals surface area contributed by atoms with E-state index in [0.717, 1.165) is 28.8 Å². The lowest BCUT2D eigenvalue weighted by Crippen LogP contribution is -2.44. The van der Waals surface area contributed by atoms with Crippen LogP contribution in [-0.4, -0.2) is 49.2 Å². The number of aromatic nitrogens is 3. The first kappa shape index (κ1) is 25.0. The highest BCUT2D eigenvalue weighted by Gasteiger charge is 2.52. The van der Waals surface area contributed by atoms with Crippen molar-refractivity contribution in [2.45, 2.75) is 59.7 Å². The lowest BCUT2D eigenvalue weighted by Gasteiger charge is -2.37. The Labute approximate surface area is 215 Å². The van der Waals surface area contributed by atoms with E-state index >= 15 is 0 Å². The number of carbonyl (C=O) groups excluding carboxylic acids is 2. The number of likely N-dealkylation sites (tertiary alicyclic amines) is 2. The molecule has 0 N–H and O–H groups in total. The SMILES string of the molecule is CC(C)(C)Cn1c(CN2CCC3(CC2)CC(=O)N(Cc2ccc(F)cc2)C3=O)cc2cnc(C#N)nc21. The summed E-state index contributed by atoms with van der Waals surface area (Å²) in [5.41, 5.74) is 1.95. The first-order valence-corrected chi connectivity index (χ1v) is 12.6. The maximum atomic E-state index is 13.4. The van der Waals surface area contributed by atoms with Crippen LogP contribution in [0.1, 0.15) is 57.1 Å². The minimum Gasteiger partial charge on any atom is -0.328 e. The van der Waals surface area contributed by atoms with Crippen molar-refractivity contribution >= 4 is 22.8 Å². The predicted octanol–water partition coefficient (Wildman–Crippen LogP) is 4.03. The fraction of sp³-hybridized carbons (Fsp3) is 0.464. The van der Waals surface area contributed by atoms with Gasteiger partial charge in [0.05, 0.1) is 12.0 Å². The zero-order chi connectivity index (χ0) is 26.4. The molecule has 0 atom stereocenters. The lowest BCUT2D eigenvalue weighted by atomic mass is 9.77. The van der Waals surface area contributed by atoms with Gasteiger partial charge in [0, 0.05) is 36.8 Å². The van der Waals surface area contributed by atoms with Crippen molar-refractivity contribution in [2.24, 2.45) is 10.8 Å².